The Hall–Kier alpha value is -1.00. The van der Waals surface area contributed by atoms with Gasteiger partial charge in [0.1, 0.15) is 11.6 Å². The molecule has 0 spiro atoms. The Morgan fingerprint density at radius 1 is 1.20 bits per heavy atom. The van der Waals surface area contributed by atoms with Crippen LogP contribution < -0.4 is 5.32 Å². The van der Waals surface area contributed by atoms with Crippen LogP contribution in [0.25, 0.3) is 0 Å². The van der Waals surface area contributed by atoms with Gasteiger partial charge in [-0.2, -0.15) is 0 Å². The number of ether oxygens (including phenoxy) is 1. The zero-order chi connectivity index (χ0) is 11.1. The van der Waals surface area contributed by atoms with Gasteiger partial charge in [-0.05, 0) is 25.1 Å². The highest BCUT2D eigenvalue weighted by Gasteiger charge is 2.06. The van der Waals surface area contributed by atoms with Gasteiger partial charge in [0, 0.05) is 19.2 Å². The van der Waals surface area contributed by atoms with Crippen molar-refractivity contribution in [1.82, 2.24) is 5.32 Å². The number of benzene rings is 1. The van der Waals surface area contributed by atoms with Crippen LogP contribution >= 0.6 is 0 Å². The van der Waals surface area contributed by atoms with Crippen LogP contribution in [0.5, 0.6) is 0 Å². The van der Waals surface area contributed by atoms with Crippen molar-refractivity contribution < 1.29 is 13.5 Å². The summed E-state index contributed by atoms with van der Waals surface area (Å²) in [5, 5.41) is 3.03. The first-order valence-electron chi connectivity index (χ1n) is 4.88. The van der Waals surface area contributed by atoms with E-state index in [4.69, 9.17) is 4.74 Å². The minimum Gasteiger partial charge on any atom is -0.383 e. The van der Waals surface area contributed by atoms with Crippen molar-refractivity contribution in [3.8, 4) is 0 Å². The Morgan fingerprint density at radius 2 is 1.87 bits per heavy atom. The first kappa shape index (κ1) is 12.1. The van der Waals surface area contributed by atoms with E-state index in [1.165, 1.54) is 18.2 Å². The van der Waals surface area contributed by atoms with Crippen molar-refractivity contribution in [2.24, 2.45) is 0 Å². The summed E-state index contributed by atoms with van der Waals surface area (Å²) in [7, 11) is 1.61. The molecule has 15 heavy (non-hydrogen) atoms. The van der Waals surface area contributed by atoms with Gasteiger partial charge in [0.2, 0.25) is 0 Å². The molecule has 0 fully saturated rings. The lowest BCUT2D eigenvalue weighted by atomic mass is 10.1. The molecular formula is C11H15F2NO. The smallest absolute Gasteiger partial charge is 0.129 e. The lowest BCUT2D eigenvalue weighted by molar-refractivity contribution is 0.199. The average Bonchev–Trinajstić information content (AvgIpc) is 2.21. The van der Waals surface area contributed by atoms with Crippen molar-refractivity contribution in [3.05, 3.63) is 35.4 Å². The molecule has 0 aliphatic heterocycles. The van der Waals surface area contributed by atoms with E-state index in [1.54, 1.807) is 7.11 Å². The minimum absolute atomic E-state index is 0.141. The second-order valence-electron chi connectivity index (χ2n) is 3.19. The Bertz CT molecular complexity index is 284. The number of nitrogens with one attached hydrogen (secondary N) is 1. The third-order valence-electron chi connectivity index (χ3n) is 2.10. The van der Waals surface area contributed by atoms with Gasteiger partial charge in [-0.3, -0.25) is 0 Å². The molecular weight excluding hydrogens is 200 g/mol. The molecule has 0 aliphatic rings. The Balaban J connectivity index is 2.37. The van der Waals surface area contributed by atoms with Crippen molar-refractivity contribution in [2.75, 3.05) is 26.8 Å². The van der Waals surface area contributed by atoms with E-state index in [0.29, 0.717) is 26.1 Å². The third kappa shape index (κ3) is 3.93. The van der Waals surface area contributed by atoms with E-state index in [2.05, 4.69) is 5.32 Å². The summed E-state index contributed by atoms with van der Waals surface area (Å²) in [5.41, 5.74) is 0.141. The lowest BCUT2D eigenvalue weighted by Crippen LogP contribution is -2.22. The summed E-state index contributed by atoms with van der Waals surface area (Å²) < 4.78 is 31.1. The second kappa shape index (κ2) is 6.48. The number of hydrogen-bond donors (Lipinski definition) is 1. The van der Waals surface area contributed by atoms with Crippen LogP contribution in [0.2, 0.25) is 0 Å². The maximum absolute atomic E-state index is 13.1. The van der Waals surface area contributed by atoms with Crippen LogP contribution in [0.4, 0.5) is 8.78 Å². The van der Waals surface area contributed by atoms with Crippen LogP contribution in [0.1, 0.15) is 5.56 Å². The molecule has 0 aliphatic carbocycles. The van der Waals surface area contributed by atoms with Crippen LogP contribution in [0.3, 0.4) is 0 Å². The van der Waals surface area contributed by atoms with E-state index in [0.717, 1.165) is 0 Å². The Kier molecular flexibility index (Phi) is 5.21. The molecule has 1 rings (SSSR count). The summed E-state index contributed by atoms with van der Waals surface area (Å²) in [4.78, 5) is 0. The quantitative estimate of drug-likeness (QED) is 0.730. The molecule has 2 nitrogen and oxygen atoms in total. The van der Waals surface area contributed by atoms with Gasteiger partial charge in [-0.25, -0.2) is 8.78 Å². The highest BCUT2D eigenvalue weighted by molar-refractivity contribution is 5.19. The molecule has 4 heteroatoms. The van der Waals surface area contributed by atoms with Crippen molar-refractivity contribution in [3.63, 3.8) is 0 Å². The fourth-order valence-corrected chi connectivity index (χ4v) is 1.28. The highest BCUT2D eigenvalue weighted by atomic mass is 19.1. The molecule has 84 valence electrons. The molecule has 0 amide bonds. The molecule has 1 N–H and O–H groups in total. The highest BCUT2D eigenvalue weighted by Crippen LogP contribution is 2.11. The summed E-state index contributed by atoms with van der Waals surface area (Å²) >= 11 is 0. The van der Waals surface area contributed by atoms with E-state index in [1.807, 2.05) is 0 Å². The van der Waals surface area contributed by atoms with Gasteiger partial charge in [-0.1, -0.05) is 6.07 Å². The summed E-state index contributed by atoms with van der Waals surface area (Å²) in [6, 6.07) is 3.91. The van der Waals surface area contributed by atoms with Gasteiger partial charge >= 0.3 is 0 Å². The van der Waals surface area contributed by atoms with Crippen LogP contribution in [-0.4, -0.2) is 26.8 Å². The molecule has 0 saturated carbocycles. The molecule has 0 saturated heterocycles. The largest absolute Gasteiger partial charge is 0.383 e. The van der Waals surface area contributed by atoms with Crippen molar-refractivity contribution in [2.45, 2.75) is 6.42 Å². The zero-order valence-corrected chi connectivity index (χ0v) is 8.72. The Morgan fingerprint density at radius 3 is 2.47 bits per heavy atom. The predicted octanol–water partition coefficient (Wildman–Crippen LogP) is 1.74. The number of hydrogen-bond acceptors (Lipinski definition) is 2. The minimum atomic E-state index is -0.483. The number of methoxy groups -OCH3 is 1. The molecule has 0 aromatic heterocycles. The van der Waals surface area contributed by atoms with E-state index in [-0.39, 0.29) is 5.56 Å². The first-order chi connectivity index (χ1) is 7.25. The lowest BCUT2D eigenvalue weighted by Gasteiger charge is -2.06. The molecule has 1 aromatic carbocycles. The molecule has 0 atom stereocenters. The van der Waals surface area contributed by atoms with Crippen LogP contribution in [0.15, 0.2) is 18.2 Å². The monoisotopic (exact) mass is 215 g/mol. The molecule has 1 aromatic rings. The summed E-state index contributed by atoms with van der Waals surface area (Å²) in [6.07, 6.45) is 0.349. The standard InChI is InChI=1S/C11H15F2NO/c1-15-8-7-14-6-5-9-10(12)3-2-4-11(9)13/h2-4,14H,5-8H2,1H3. The molecule has 0 unspecified atom stereocenters. The number of rotatable bonds is 6. The summed E-state index contributed by atoms with van der Waals surface area (Å²) in [6.45, 7) is 1.83. The summed E-state index contributed by atoms with van der Waals surface area (Å²) in [5.74, 6) is -0.966. The average molecular weight is 215 g/mol. The normalized spacial score (nSPS) is 10.6. The van der Waals surface area contributed by atoms with Gasteiger partial charge in [0.05, 0.1) is 6.61 Å². The third-order valence-corrected chi connectivity index (χ3v) is 2.10. The zero-order valence-electron chi connectivity index (χ0n) is 8.72. The second-order valence-corrected chi connectivity index (χ2v) is 3.19. The SMILES string of the molecule is COCCNCCc1c(F)cccc1F. The fourth-order valence-electron chi connectivity index (χ4n) is 1.28. The van der Waals surface area contributed by atoms with E-state index in [9.17, 15) is 8.78 Å². The Labute approximate surface area is 88.3 Å². The van der Waals surface area contributed by atoms with Crippen molar-refractivity contribution in [1.29, 1.82) is 0 Å². The first-order valence-corrected chi connectivity index (χ1v) is 4.88. The predicted molar refractivity (Wildman–Crippen MR) is 54.8 cm³/mol. The molecule has 0 radical (unpaired) electrons. The maximum atomic E-state index is 13.1. The molecule has 0 bridgehead atoms. The van der Waals surface area contributed by atoms with Crippen LogP contribution in [0, 0.1) is 11.6 Å². The van der Waals surface area contributed by atoms with Crippen LogP contribution in [-0.2, 0) is 11.2 Å². The van der Waals surface area contributed by atoms with Crippen molar-refractivity contribution >= 4 is 0 Å². The molecule has 0 heterocycles. The maximum Gasteiger partial charge on any atom is 0.129 e. The van der Waals surface area contributed by atoms with Gasteiger partial charge in [0.15, 0.2) is 0 Å². The van der Waals surface area contributed by atoms with Gasteiger partial charge in [-0.15, -0.1) is 0 Å². The van der Waals surface area contributed by atoms with E-state index < -0.39 is 11.6 Å². The van der Waals surface area contributed by atoms with Gasteiger partial charge in [0.25, 0.3) is 0 Å². The van der Waals surface area contributed by atoms with E-state index >= 15 is 0 Å². The number of halogens is 2. The van der Waals surface area contributed by atoms with Gasteiger partial charge < -0.3 is 10.1 Å². The fraction of sp³-hybridized carbons (Fsp3) is 0.455. The topological polar surface area (TPSA) is 21.3 Å².